The molecule has 0 radical (unpaired) electrons. The lowest BCUT2D eigenvalue weighted by molar-refractivity contribution is 0.410. The van der Waals surface area contributed by atoms with E-state index in [9.17, 15) is 4.79 Å². The van der Waals surface area contributed by atoms with E-state index < -0.39 is 0 Å². The molecule has 1 aliphatic carbocycles. The average Bonchev–Trinajstić information content (AvgIpc) is 2.01. The van der Waals surface area contributed by atoms with Crippen LogP contribution in [0.15, 0.2) is 16.9 Å². The van der Waals surface area contributed by atoms with Crippen molar-refractivity contribution in [2.24, 2.45) is 5.73 Å². The van der Waals surface area contributed by atoms with Gasteiger partial charge < -0.3 is 10.7 Å². The van der Waals surface area contributed by atoms with Crippen molar-refractivity contribution in [2.75, 3.05) is 0 Å². The Balaban J connectivity index is 2.29. The molecule has 1 aromatic rings. The van der Waals surface area contributed by atoms with E-state index in [2.05, 4.69) is 4.98 Å². The minimum atomic E-state index is -0.0214. The summed E-state index contributed by atoms with van der Waals surface area (Å²) < 4.78 is 0. The van der Waals surface area contributed by atoms with Crippen molar-refractivity contribution >= 4 is 0 Å². The van der Waals surface area contributed by atoms with Crippen LogP contribution in [0.5, 0.6) is 0 Å². The summed E-state index contributed by atoms with van der Waals surface area (Å²) in [6.45, 7) is 0.320. The maximum Gasteiger partial charge on any atom is 0.252 e. The number of nitrogens with two attached hydrogens (primary N) is 1. The predicted molar refractivity (Wildman–Crippen MR) is 51.5 cm³/mol. The highest BCUT2D eigenvalue weighted by Crippen LogP contribution is 2.34. The molecule has 1 heterocycles. The third kappa shape index (κ3) is 1.52. The molecule has 1 saturated carbocycles. The average molecular weight is 178 g/mol. The molecule has 2 rings (SSSR count). The van der Waals surface area contributed by atoms with Gasteiger partial charge in [-0.3, -0.25) is 4.79 Å². The van der Waals surface area contributed by atoms with Gasteiger partial charge in [0.1, 0.15) is 0 Å². The fourth-order valence-corrected chi connectivity index (χ4v) is 1.64. The quantitative estimate of drug-likeness (QED) is 0.712. The molecule has 0 aliphatic heterocycles. The van der Waals surface area contributed by atoms with Gasteiger partial charge in [-0.2, -0.15) is 0 Å². The SMILES string of the molecule is NCc1ccc(C2CCC2)[nH]c1=O. The highest BCUT2D eigenvalue weighted by atomic mass is 16.1. The van der Waals surface area contributed by atoms with E-state index in [1.165, 1.54) is 19.3 Å². The van der Waals surface area contributed by atoms with Gasteiger partial charge in [0.2, 0.25) is 0 Å². The Labute approximate surface area is 77.0 Å². The highest BCUT2D eigenvalue weighted by molar-refractivity contribution is 5.18. The van der Waals surface area contributed by atoms with E-state index in [1.54, 1.807) is 0 Å². The lowest BCUT2D eigenvalue weighted by Crippen LogP contribution is -2.20. The highest BCUT2D eigenvalue weighted by Gasteiger charge is 2.20. The lowest BCUT2D eigenvalue weighted by atomic mass is 9.82. The molecule has 1 aliphatic rings. The van der Waals surface area contributed by atoms with Crippen molar-refractivity contribution < 1.29 is 0 Å². The van der Waals surface area contributed by atoms with Crippen LogP contribution in [0.1, 0.15) is 36.4 Å². The Bertz CT molecular complexity index is 352. The Kier molecular flexibility index (Phi) is 2.19. The molecule has 0 aromatic carbocycles. The molecule has 1 aromatic heterocycles. The topological polar surface area (TPSA) is 58.9 Å². The van der Waals surface area contributed by atoms with Crippen molar-refractivity contribution in [3.8, 4) is 0 Å². The van der Waals surface area contributed by atoms with Gasteiger partial charge in [0, 0.05) is 17.8 Å². The second kappa shape index (κ2) is 3.34. The summed E-state index contributed by atoms with van der Waals surface area (Å²) >= 11 is 0. The molecule has 0 amide bonds. The van der Waals surface area contributed by atoms with Gasteiger partial charge in [-0.1, -0.05) is 12.5 Å². The standard InChI is InChI=1S/C10H14N2O/c11-6-8-4-5-9(12-10(8)13)7-2-1-3-7/h4-5,7H,1-3,6,11H2,(H,12,13). The first-order valence-electron chi connectivity index (χ1n) is 4.73. The van der Waals surface area contributed by atoms with Crippen LogP contribution < -0.4 is 11.3 Å². The zero-order chi connectivity index (χ0) is 9.26. The van der Waals surface area contributed by atoms with Crippen LogP contribution in [-0.2, 0) is 6.54 Å². The van der Waals surface area contributed by atoms with E-state index >= 15 is 0 Å². The van der Waals surface area contributed by atoms with Gasteiger partial charge in [0.05, 0.1) is 0 Å². The lowest BCUT2D eigenvalue weighted by Gasteiger charge is -2.25. The number of nitrogens with one attached hydrogen (secondary N) is 1. The van der Waals surface area contributed by atoms with Crippen molar-refractivity contribution in [2.45, 2.75) is 31.7 Å². The smallest absolute Gasteiger partial charge is 0.252 e. The van der Waals surface area contributed by atoms with Gasteiger partial charge in [0.15, 0.2) is 0 Å². The third-order valence-electron chi connectivity index (χ3n) is 2.78. The largest absolute Gasteiger partial charge is 0.326 e. The Hall–Kier alpha value is -1.09. The molecule has 70 valence electrons. The number of pyridine rings is 1. The zero-order valence-electron chi connectivity index (χ0n) is 7.55. The first kappa shape index (κ1) is 8.51. The van der Waals surface area contributed by atoms with E-state index in [1.807, 2.05) is 12.1 Å². The molecule has 0 atom stereocenters. The van der Waals surface area contributed by atoms with Crippen LogP contribution in [-0.4, -0.2) is 4.98 Å². The minimum Gasteiger partial charge on any atom is -0.326 e. The molecule has 0 unspecified atom stereocenters. The number of H-pyrrole nitrogens is 1. The fraction of sp³-hybridized carbons (Fsp3) is 0.500. The Morgan fingerprint density at radius 3 is 2.69 bits per heavy atom. The van der Waals surface area contributed by atoms with Crippen LogP contribution in [0.3, 0.4) is 0 Å². The summed E-state index contributed by atoms with van der Waals surface area (Å²) in [5, 5.41) is 0. The maximum atomic E-state index is 11.4. The van der Waals surface area contributed by atoms with Crippen LogP contribution in [0.25, 0.3) is 0 Å². The number of rotatable bonds is 2. The monoisotopic (exact) mass is 178 g/mol. The Morgan fingerprint density at radius 1 is 1.46 bits per heavy atom. The first-order valence-corrected chi connectivity index (χ1v) is 4.73. The minimum absolute atomic E-state index is 0.0214. The molecule has 0 saturated heterocycles. The first-order chi connectivity index (χ1) is 6.31. The van der Waals surface area contributed by atoms with Gasteiger partial charge in [0.25, 0.3) is 5.56 Å². The van der Waals surface area contributed by atoms with Crippen LogP contribution >= 0.6 is 0 Å². The summed E-state index contributed by atoms with van der Waals surface area (Å²) in [4.78, 5) is 14.3. The molecular weight excluding hydrogens is 164 g/mol. The second-order valence-corrected chi connectivity index (χ2v) is 3.60. The number of hydrogen-bond acceptors (Lipinski definition) is 2. The van der Waals surface area contributed by atoms with Crippen LogP contribution in [0.2, 0.25) is 0 Å². The molecule has 3 heteroatoms. The molecule has 1 fully saturated rings. The van der Waals surface area contributed by atoms with Crippen molar-refractivity contribution in [3.63, 3.8) is 0 Å². The normalized spacial score (nSPS) is 17.0. The molecule has 13 heavy (non-hydrogen) atoms. The maximum absolute atomic E-state index is 11.4. The number of hydrogen-bond donors (Lipinski definition) is 2. The second-order valence-electron chi connectivity index (χ2n) is 3.60. The third-order valence-corrected chi connectivity index (χ3v) is 2.78. The number of aromatic nitrogens is 1. The summed E-state index contributed by atoms with van der Waals surface area (Å²) in [7, 11) is 0. The predicted octanol–water partition coefficient (Wildman–Crippen LogP) is 1.10. The molecule has 0 bridgehead atoms. The van der Waals surface area contributed by atoms with Crippen LogP contribution in [0.4, 0.5) is 0 Å². The zero-order valence-corrected chi connectivity index (χ0v) is 7.55. The summed E-state index contributed by atoms with van der Waals surface area (Å²) in [6, 6.07) is 3.83. The van der Waals surface area contributed by atoms with Crippen molar-refractivity contribution in [1.29, 1.82) is 0 Å². The fourth-order valence-electron chi connectivity index (χ4n) is 1.64. The molecule has 0 spiro atoms. The summed E-state index contributed by atoms with van der Waals surface area (Å²) in [6.07, 6.45) is 3.70. The molecule has 3 N–H and O–H groups in total. The van der Waals surface area contributed by atoms with Gasteiger partial charge in [-0.05, 0) is 24.8 Å². The van der Waals surface area contributed by atoms with Gasteiger partial charge in [-0.25, -0.2) is 0 Å². The van der Waals surface area contributed by atoms with Gasteiger partial charge in [-0.15, -0.1) is 0 Å². The van der Waals surface area contributed by atoms with E-state index in [-0.39, 0.29) is 5.56 Å². The molecule has 3 nitrogen and oxygen atoms in total. The summed E-state index contributed by atoms with van der Waals surface area (Å²) in [5.41, 5.74) is 7.13. The Morgan fingerprint density at radius 2 is 2.23 bits per heavy atom. The van der Waals surface area contributed by atoms with E-state index in [0.717, 1.165) is 5.69 Å². The van der Waals surface area contributed by atoms with Crippen LogP contribution in [0, 0.1) is 0 Å². The molecular formula is C10H14N2O. The number of aromatic amines is 1. The summed E-state index contributed by atoms with van der Waals surface area (Å²) in [5.74, 6) is 0.583. The van der Waals surface area contributed by atoms with Gasteiger partial charge >= 0.3 is 0 Å². The van der Waals surface area contributed by atoms with E-state index in [4.69, 9.17) is 5.73 Å². The van der Waals surface area contributed by atoms with E-state index in [0.29, 0.717) is 18.0 Å². The van der Waals surface area contributed by atoms with Crippen molar-refractivity contribution in [3.05, 3.63) is 33.7 Å². The van der Waals surface area contributed by atoms with Crippen molar-refractivity contribution in [1.82, 2.24) is 4.98 Å².